The number of hydrogen-bond donors (Lipinski definition) is 1. The van der Waals surface area contributed by atoms with Gasteiger partial charge in [0.25, 0.3) is 5.91 Å². The molecule has 0 radical (unpaired) electrons. The number of hydrogen-bond acceptors (Lipinski definition) is 3. The van der Waals surface area contributed by atoms with E-state index in [4.69, 9.17) is 16.3 Å². The fraction of sp³-hybridized carbons (Fsp3) is 0.133. The zero-order chi connectivity index (χ0) is 26.0. The zero-order valence-electron chi connectivity index (χ0n) is 20.0. The molecule has 1 unspecified atom stereocenters. The van der Waals surface area contributed by atoms with Gasteiger partial charge in [-0.1, -0.05) is 84.4 Å². The third-order valence-corrected chi connectivity index (χ3v) is 6.00. The largest absolute Gasteiger partial charge is 0.484 e. The van der Waals surface area contributed by atoms with Crippen LogP contribution in [0.2, 0.25) is 5.02 Å². The van der Waals surface area contributed by atoms with E-state index in [1.165, 1.54) is 17.0 Å². The second-order valence-electron chi connectivity index (χ2n) is 8.41. The van der Waals surface area contributed by atoms with Crippen LogP contribution in [-0.4, -0.2) is 23.3 Å². The highest BCUT2D eigenvalue weighted by Gasteiger charge is 2.31. The molecular weight excluding hydrogens is 491 g/mol. The first-order valence-electron chi connectivity index (χ1n) is 11.8. The maximum absolute atomic E-state index is 13.6. The zero-order valence-corrected chi connectivity index (χ0v) is 20.8. The molecule has 37 heavy (non-hydrogen) atoms. The average molecular weight is 517 g/mol. The molecule has 0 saturated heterocycles. The van der Waals surface area contributed by atoms with Crippen LogP contribution in [-0.2, 0) is 22.7 Å². The Morgan fingerprint density at radius 3 is 2.05 bits per heavy atom. The summed E-state index contributed by atoms with van der Waals surface area (Å²) in [5, 5.41) is 3.55. The van der Waals surface area contributed by atoms with Gasteiger partial charge < -0.3 is 15.0 Å². The third kappa shape index (κ3) is 7.41. The van der Waals surface area contributed by atoms with Crippen molar-refractivity contribution in [2.75, 3.05) is 6.61 Å². The van der Waals surface area contributed by atoms with Gasteiger partial charge in [0.15, 0.2) is 6.61 Å². The molecule has 7 heteroatoms. The lowest BCUT2D eigenvalue weighted by atomic mass is 10.0. The normalized spacial score (nSPS) is 11.4. The molecule has 0 aliphatic rings. The van der Waals surface area contributed by atoms with Gasteiger partial charge in [-0.25, -0.2) is 4.39 Å². The number of carbonyl (C=O) groups is 2. The number of amides is 2. The Labute approximate surface area is 220 Å². The number of nitrogens with zero attached hydrogens (tertiary/aromatic N) is 1. The second kappa shape index (κ2) is 12.7. The van der Waals surface area contributed by atoms with Gasteiger partial charge in [-0.15, -0.1) is 0 Å². The van der Waals surface area contributed by atoms with Crippen molar-refractivity contribution in [2.24, 2.45) is 0 Å². The topological polar surface area (TPSA) is 58.6 Å². The van der Waals surface area contributed by atoms with E-state index in [9.17, 15) is 14.0 Å². The Morgan fingerprint density at radius 2 is 1.41 bits per heavy atom. The van der Waals surface area contributed by atoms with Gasteiger partial charge in [-0.05, 0) is 53.1 Å². The summed E-state index contributed by atoms with van der Waals surface area (Å²) in [5.41, 5.74) is 2.19. The molecule has 0 heterocycles. The smallest absolute Gasteiger partial charge is 0.261 e. The second-order valence-corrected chi connectivity index (χ2v) is 8.84. The minimum atomic E-state index is -0.939. The molecule has 0 aliphatic carbocycles. The van der Waals surface area contributed by atoms with Gasteiger partial charge in [0.1, 0.15) is 17.6 Å². The molecule has 188 valence electrons. The lowest BCUT2D eigenvalue weighted by Gasteiger charge is -2.31. The fourth-order valence-corrected chi connectivity index (χ4v) is 3.98. The van der Waals surface area contributed by atoms with Crippen molar-refractivity contribution in [2.45, 2.75) is 19.1 Å². The van der Waals surface area contributed by atoms with Crippen molar-refractivity contribution in [1.29, 1.82) is 0 Å². The van der Waals surface area contributed by atoms with Gasteiger partial charge >= 0.3 is 0 Å². The first kappa shape index (κ1) is 25.9. The molecule has 0 spiro atoms. The first-order chi connectivity index (χ1) is 18.0. The average Bonchev–Trinajstić information content (AvgIpc) is 2.93. The van der Waals surface area contributed by atoms with E-state index >= 15 is 0 Å². The summed E-state index contributed by atoms with van der Waals surface area (Å²) < 4.78 is 19.3. The number of ether oxygens (including phenoxy) is 1. The summed E-state index contributed by atoms with van der Waals surface area (Å²) in [6.45, 7) is 0.0859. The Kier molecular flexibility index (Phi) is 8.89. The summed E-state index contributed by atoms with van der Waals surface area (Å²) in [4.78, 5) is 28.6. The number of rotatable bonds is 10. The Balaban J connectivity index is 1.62. The highest BCUT2D eigenvalue weighted by Crippen LogP contribution is 2.25. The van der Waals surface area contributed by atoms with Gasteiger partial charge in [-0.3, -0.25) is 9.59 Å². The maximum atomic E-state index is 13.6. The van der Waals surface area contributed by atoms with E-state index in [1.807, 2.05) is 48.5 Å². The predicted molar refractivity (Wildman–Crippen MR) is 141 cm³/mol. The molecule has 0 aromatic heterocycles. The third-order valence-electron chi connectivity index (χ3n) is 5.75. The van der Waals surface area contributed by atoms with Crippen LogP contribution in [0.25, 0.3) is 0 Å². The first-order valence-corrected chi connectivity index (χ1v) is 12.2. The molecule has 1 N–H and O–H groups in total. The highest BCUT2D eigenvalue weighted by molar-refractivity contribution is 6.30. The molecule has 0 saturated carbocycles. The summed E-state index contributed by atoms with van der Waals surface area (Å²) >= 11 is 5.98. The molecule has 0 bridgehead atoms. The summed E-state index contributed by atoms with van der Waals surface area (Å²) in [6.07, 6.45) is 0. The van der Waals surface area contributed by atoms with Crippen molar-refractivity contribution in [3.05, 3.63) is 137 Å². The number of halogens is 2. The molecule has 1 atom stereocenters. The molecule has 4 rings (SSSR count). The maximum Gasteiger partial charge on any atom is 0.261 e. The monoisotopic (exact) mass is 516 g/mol. The minimum absolute atomic E-state index is 0.0885. The van der Waals surface area contributed by atoms with Crippen molar-refractivity contribution < 1.29 is 18.7 Å². The van der Waals surface area contributed by atoms with Crippen LogP contribution in [0.4, 0.5) is 4.39 Å². The van der Waals surface area contributed by atoms with E-state index in [0.717, 1.165) is 5.56 Å². The van der Waals surface area contributed by atoms with Crippen LogP contribution in [0.15, 0.2) is 109 Å². The molecule has 5 nitrogen and oxygen atoms in total. The van der Waals surface area contributed by atoms with Gasteiger partial charge in [-0.2, -0.15) is 0 Å². The number of para-hydroxylation sites is 1. The van der Waals surface area contributed by atoms with Crippen LogP contribution in [0, 0.1) is 5.82 Å². The lowest BCUT2D eigenvalue weighted by Crippen LogP contribution is -2.45. The number of benzene rings is 4. The standard InChI is InChI=1S/C30H26ClFN2O3/c31-25-15-11-22(12-16-25)19-33-30(36)29(24-7-3-1-4-8-24)34(20-23-13-17-26(32)18-14-23)28(35)21-37-27-9-5-2-6-10-27/h1-18,29H,19-21H2,(H,33,36). The number of carbonyl (C=O) groups excluding carboxylic acids is 2. The molecule has 0 aliphatic heterocycles. The molecule has 0 fully saturated rings. The van der Waals surface area contributed by atoms with E-state index in [1.54, 1.807) is 48.5 Å². The Hall–Kier alpha value is -4.16. The van der Waals surface area contributed by atoms with Crippen molar-refractivity contribution in [1.82, 2.24) is 10.2 Å². The van der Waals surface area contributed by atoms with Gasteiger partial charge in [0.05, 0.1) is 0 Å². The van der Waals surface area contributed by atoms with Crippen LogP contribution in [0.3, 0.4) is 0 Å². The summed E-state index contributed by atoms with van der Waals surface area (Å²) in [7, 11) is 0. The van der Waals surface area contributed by atoms with E-state index < -0.39 is 6.04 Å². The van der Waals surface area contributed by atoms with Crippen LogP contribution < -0.4 is 10.1 Å². The Morgan fingerprint density at radius 1 is 0.811 bits per heavy atom. The van der Waals surface area contributed by atoms with Crippen LogP contribution in [0.5, 0.6) is 5.75 Å². The fourth-order valence-electron chi connectivity index (χ4n) is 3.85. The van der Waals surface area contributed by atoms with E-state index in [0.29, 0.717) is 21.9 Å². The van der Waals surface area contributed by atoms with Crippen LogP contribution >= 0.6 is 11.6 Å². The molecule has 4 aromatic carbocycles. The predicted octanol–water partition coefficient (Wildman–Crippen LogP) is 5.94. The summed E-state index contributed by atoms with van der Waals surface area (Å²) in [6, 6.07) is 30.1. The number of nitrogens with one attached hydrogen (secondary N) is 1. The van der Waals surface area contributed by atoms with Gasteiger partial charge in [0.2, 0.25) is 5.91 Å². The molecule has 2 amide bonds. The molecular formula is C30H26ClFN2O3. The minimum Gasteiger partial charge on any atom is -0.484 e. The van der Waals surface area contributed by atoms with Crippen LogP contribution in [0.1, 0.15) is 22.7 Å². The highest BCUT2D eigenvalue weighted by atomic mass is 35.5. The Bertz CT molecular complexity index is 1300. The van der Waals surface area contributed by atoms with Crippen molar-refractivity contribution in [3.8, 4) is 5.75 Å². The van der Waals surface area contributed by atoms with E-state index in [2.05, 4.69) is 5.32 Å². The van der Waals surface area contributed by atoms with Gasteiger partial charge in [0, 0.05) is 18.1 Å². The molecule has 4 aromatic rings. The quantitative estimate of drug-likeness (QED) is 0.283. The van der Waals surface area contributed by atoms with E-state index in [-0.39, 0.29) is 37.3 Å². The SMILES string of the molecule is O=C(NCc1ccc(Cl)cc1)C(c1ccccc1)N(Cc1ccc(F)cc1)C(=O)COc1ccccc1. The lowest BCUT2D eigenvalue weighted by molar-refractivity contribution is -0.143. The summed E-state index contributed by atoms with van der Waals surface area (Å²) in [5.74, 6) is -0.574. The van der Waals surface area contributed by atoms with Crippen molar-refractivity contribution in [3.63, 3.8) is 0 Å². The van der Waals surface area contributed by atoms with Crippen molar-refractivity contribution >= 4 is 23.4 Å².